The molecule has 0 spiro atoms. The minimum atomic E-state index is 0.961. The molecule has 0 N–H and O–H groups in total. The van der Waals surface area contributed by atoms with Crippen molar-refractivity contribution >= 4 is 0 Å². The Kier molecular flexibility index (Phi) is 24.3. The lowest BCUT2D eigenvalue weighted by Gasteiger charge is -2.11. The van der Waals surface area contributed by atoms with E-state index in [2.05, 4.69) is 27.7 Å². The molecule has 0 saturated heterocycles. The SMILES string of the molecule is CCCCCCCCCCC(C)CCCCCCCCCCCCC(C)CCC. The number of unbranched alkanes of at least 4 members (excludes halogenated alkanes) is 16. The predicted octanol–water partition coefficient (Wildman–Crippen LogP) is 11.3. The highest BCUT2D eigenvalue weighted by atomic mass is 14.1. The molecule has 0 radical (unpaired) electrons. The van der Waals surface area contributed by atoms with Crippen LogP contribution in [0.4, 0.5) is 0 Å². The van der Waals surface area contributed by atoms with Crippen molar-refractivity contribution in [3.8, 4) is 0 Å². The molecule has 0 aliphatic rings. The van der Waals surface area contributed by atoms with Gasteiger partial charge in [0.25, 0.3) is 0 Å². The molecule has 0 heteroatoms. The Labute approximate surface area is 187 Å². The average molecular weight is 409 g/mol. The van der Waals surface area contributed by atoms with Crippen LogP contribution >= 0.6 is 0 Å². The fourth-order valence-electron chi connectivity index (χ4n) is 4.81. The second-order valence-corrected chi connectivity index (χ2v) is 10.4. The van der Waals surface area contributed by atoms with Crippen LogP contribution in [0.1, 0.15) is 175 Å². The Morgan fingerprint density at radius 3 is 0.897 bits per heavy atom. The second kappa shape index (κ2) is 24.3. The van der Waals surface area contributed by atoms with Crippen molar-refractivity contribution in [1.82, 2.24) is 0 Å². The molecule has 0 bridgehead atoms. The Morgan fingerprint density at radius 2 is 0.586 bits per heavy atom. The normalized spacial score (nSPS) is 13.7. The summed E-state index contributed by atoms with van der Waals surface area (Å²) in [7, 11) is 0. The lowest BCUT2D eigenvalue weighted by Crippen LogP contribution is -1.95. The highest BCUT2D eigenvalue weighted by Gasteiger charge is 2.03. The molecule has 0 saturated carbocycles. The fraction of sp³-hybridized carbons (Fsp3) is 1.00. The van der Waals surface area contributed by atoms with E-state index < -0.39 is 0 Å². The van der Waals surface area contributed by atoms with E-state index in [0.717, 1.165) is 11.8 Å². The number of rotatable bonds is 24. The fourth-order valence-corrected chi connectivity index (χ4v) is 4.81. The van der Waals surface area contributed by atoms with Gasteiger partial charge >= 0.3 is 0 Å². The maximum Gasteiger partial charge on any atom is -0.0443 e. The van der Waals surface area contributed by atoms with Gasteiger partial charge in [0.1, 0.15) is 0 Å². The molecule has 29 heavy (non-hydrogen) atoms. The zero-order valence-electron chi connectivity index (χ0n) is 21.4. The van der Waals surface area contributed by atoms with Gasteiger partial charge in [-0.15, -0.1) is 0 Å². The van der Waals surface area contributed by atoms with Crippen molar-refractivity contribution in [2.24, 2.45) is 11.8 Å². The van der Waals surface area contributed by atoms with Crippen molar-refractivity contribution in [3.63, 3.8) is 0 Å². The Morgan fingerprint density at radius 1 is 0.310 bits per heavy atom. The summed E-state index contributed by atoms with van der Waals surface area (Å²) in [6, 6.07) is 0. The van der Waals surface area contributed by atoms with Crippen LogP contribution in [-0.4, -0.2) is 0 Å². The second-order valence-electron chi connectivity index (χ2n) is 10.4. The molecule has 0 aromatic rings. The van der Waals surface area contributed by atoms with Crippen molar-refractivity contribution in [2.75, 3.05) is 0 Å². The monoisotopic (exact) mass is 408 g/mol. The Balaban J connectivity index is 3.16. The standard InChI is InChI=1S/C29H60/c1-5-7-8-9-10-15-19-22-26-29(4)27-23-20-17-14-12-11-13-16-18-21-25-28(3)24-6-2/h28-29H,5-27H2,1-4H3. The van der Waals surface area contributed by atoms with Crippen LogP contribution in [-0.2, 0) is 0 Å². The minimum absolute atomic E-state index is 0.961. The van der Waals surface area contributed by atoms with Crippen LogP contribution in [0, 0.1) is 11.8 Å². The maximum absolute atomic E-state index is 2.49. The summed E-state index contributed by atoms with van der Waals surface area (Å²) in [6.07, 6.45) is 33.7. The van der Waals surface area contributed by atoms with Gasteiger partial charge in [0.05, 0.1) is 0 Å². The zero-order valence-corrected chi connectivity index (χ0v) is 21.4. The van der Waals surface area contributed by atoms with E-state index in [4.69, 9.17) is 0 Å². The van der Waals surface area contributed by atoms with Gasteiger partial charge in [-0.05, 0) is 11.8 Å². The third kappa shape index (κ3) is 24.1. The van der Waals surface area contributed by atoms with Crippen LogP contribution < -0.4 is 0 Å². The lowest BCUT2D eigenvalue weighted by molar-refractivity contribution is 0.429. The molecule has 0 aromatic heterocycles. The van der Waals surface area contributed by atoms with Crippen molar-refractivity contribution in [3.05, 3.63) is 0 Å². The Bertz CT molecular complexity index is 282. The van der Waals surface area contributed by atoms with Gasteiger partial charge in [-0.25, -0.2) is 0 Å². The van der Waals surface area contributed by atoms with Gasteiger partial charge in [-0.1, -0.05) is 175 Å². The summed E-state index contributed by atoms with van der Waals surface area (Å²) >= 11 is 0. The Hall–Kier alpha value is 0. The summed E-state index contributed by atoms with van der Waals surface area (Å²) < 4.78 is 0. The van der Waals surface area contributed by atoms with E-state index in [1.165, 1.54) is 148 Å². The largest absolute Gasteiger partial charge is 0.0654 e. The van der Waals surface area contributed by atoms with Gasteiger partial charge < -0.3 is 0 Å². The van der Waals surface area contributed by atoms with Crippen LogP contribution in [0.3, 0.4) is 0 Å². The summed E-state index contributed by atoms with van der Waals surface area (Å²) in [5.74, 6) is 1.93. The molecule has 0 aromatic carbocycles. The van der Waals surface area contributed by atoms with E-state index in [-0.39, 0.29) is 0 Å². The van der Waals surface area contributed by atoms with Crippen LogP contribution in [0.2, 0.25) is 0 Å². The number of hydrogen-bond acceptors (Lipinski definition) is 0. The number of hydrogen-bond donors (Lipinski definition) is 0. The molecular formula is C29H60. The van der Waals surface area contributed by atoms with Gasteiger partial charge in [0, 0.05) is 0 Å². The zero-order chi connectivity index (χ0) is 21.4. The summed E-state index contributed by atoms with van der Waals surface area (Å²) in [6.45, 7) is 9.54. The van der Waals surface area contributed by atoms with Gasteiger partial charge in [-0.3, -0.25) is 0 Å². The third-order valence-electron chi connectivity index (χ3n) is 6.98. The quantitative estimate of drug-likeness (QED) is 0.139. The average Bonchev–Trinajstić information content (AvgIpc) is 2.71. The summed E-state index contributed by atoms with van der Waals surface area (Å²) in [4.78, 5) is 0. The first-order valence-corrected chi connectivity index (χ1v) is 14.2. The predicted molar refractivity (Wildman–Crippen MR) is 136 cm³/mol. The molecule has 0 amide bonds. The molecule has 0 rings (SSSR count). The van der Waals surface area contributed by atoms with E-state index >= 15 is 0 Å². The third-order valence-corrected chi connectivity index (χ3v) is 6.98. The molecule has 0 aliphatic carbocycles. The van der Waals surface area contributed by atoms with Crippen molar-refractivity contribution in [2.45, 2.75) is 175 Å². The van der Waals surface area contributed by atoms with Crippen LogP contribution in [0.25, 0.3) is 0 Å². The molecule has 0 fully saturated rings. The molecule has 2 atom stereocenters. The van der Waals surface area contributed by atoms with Crippen molar-refractivity contribution < 1.29 is 0 Å². The van der Waals surface area contributed by atoms with Crippen LogP contribution in [0.5, 0.6) is 0 Å². The summed E-state index contributed by atoms with van der Waals surface area (Å²) in [5.41, 5.74) is 0. The van der Waals surface area contributed by atoms with E-state index in [1.54, 1.807) is 0 Å². The summed E-state index contributed by atoms with van der Waals surface area (Å²) in [5, 5.41) is 0. The molecule has 0 heterocycles. The molecular weight excluding hydrogens is 348 g/mol. The smallest absolute Gasteiger partial charge is 0.0443 e. The van der Waals surface area contributed by atoms with E-state index in [1.807, 2.05) is 0 Å². The van der Waals surface area contributed by atoms with Gasteiger partial charge in [-0.2, -0.15) is 0 Å². The van der Waals surface area contributed by atoms with E-state index in [9.17, 15) is 0 Å². The molecule has 0 nitrogen and oxygen atoms in total. The molecule has 2 unspecified atom stereocenters. The highest BCUT2D eigenvalue weighted by molar-refractivity contribution is 4.57. The topological polar surface area (TPSA) is 0 Å². The first kappa shape index (κ1) is 29.0. The minimum Gasteiger partial charge on any atom is -0.0654 e. The molecule has 176 valence electrons. The van der Waals surface area contributed by atoms with E-state index in [0.29, 0.717) is 0 Å². The van der Waals surface area contributed by atoms with Crippen molar-refractivity contribution in [1.29, 1.82) is 0 Å². The lowest BCUT2D eigenvalue weighted by atomic mass is 9.95. The molecule has 0 aliphatic heterocycles. The van der Waals surface area contributed by atoms with Gasteiger partial charge in [0.15, 0.2) is 0 Å². The van der Waals surface area contributed by atoms with Gasteiger partial charge in [0.2, 0.25) is 0 Å². The maximum atomic E-state index is 2.49. The first-order chi connectivity index (χ1) is 14.2. The highest BCUT2D eigenvalue weighted by Crippen LogP contribution is 2.19. The first-order valence-electron chi connectivity index (χ1n) is 14.2. The van der Waals surface area contributed by atoms with Crippen LogP contribution in [0.15, 0.2) is 0 Å².